The fourth-order valence-corrected chi connectivity index (χ4v) is 2.62. The molecular weight excluding hydrogens is 330 g/mol. The Morgan fingerprint density at radius 3 is 2.46 bits per heavy atom. The Morgan fingerprint density at radius 2 is 1.83 bits per heavy atom. The molecule has 0 unspecified atom stereocenters. The molecule has 0 amide bonds. The summed E-state index contributed by atoms with van der Waals surface area (Å²) in [5.41, 5.74) is 3.62. The van der Waals surface area contributed by atoms with E-state index < -0.39 is 5.97 Å². The van der Waals surface area contributed by atoms with E-state index >= 15 is 0 Å². The monoisotopic (exact) mass is 349 g/mol. The molecule has 24 heavy (non-hydrogen) atoms. The lowest BCUT2D eigenvalue weighted by Gasteiger charge is -2.04. The van der Waals surface area contributed by atoms with Crippen molar-refractivity contribution < 1.29 is 19.1 Å². The molecular formula is C18H20ClNO4. The Kier molecular flexibility index (Phi) is 6.44. The molecule has 0 aliphatic heterocycles. The van der Waals surface area contributed by atoms with Crippen LogP contribution in [0.5, 0.6) is 0 Å². The number of benzene rings is 1. The molecule has 0 fully saturated rings. The van der Waals surface area contributed by atoms with Crippen molar-refractivity contribution in [2.75, 3.05) is 5.88 Å². The first-order valence-electron chi connectivity index (χ1n) is 7.63. The van der Waals surface area contributed by atoms with Gasteiger partial charge in [0.25, 0.3) is 0 Å². The van der Waals surface area contributed by atoms with Crippen molar-refractivity contribution in [2.45, 2.75) is 33.5 Å². The van der Waals surface area contributed by atoms with E-state index in [2.05, 4.69) is 4.98 Å². The molecule has 0 saturated heterocycles. The minimum absolute atomic E-state index is 0.0777. The van der Waals surface area contributed by atoms with E-state index in [1.54, 1.807) is 0 Å². The third kappa shape index (κ3) is 4.61. The van der Waals surface area contributed by atoms with E-state index in [0.29, 0.717) is 23.7 Å². The number of hydrogen-bond donors (Lipinski definition) is 1. The van der Waals surface area contributed by atoms with Gasteiger partial charge in [-0.1, -0.05) is 30.3 Å². The molecule has 1 heterocycles. The lowest BCUT2D eigenvalue weighted by Crippen LogP contribution is -2.07. The summed E-state index contributed by atoms with van der Waals surface area (Å²) in [5, 5.41) is 0. The average molecular weight is 350 g/mol. The Morgan fingerprint density at radius 1 is 1.12 bits per heavy atom. The average Bonchev–Trinajstić information content (AvgIpc) is 2.88. The van der Waals surface area contributed by atoms with E-state index in [1.165, 1.54) is 6.92 Å². The molecule has 0 bridgehead atoms. The Bertz CT molecular complexity index is 709. The summed E-state index contributed by atoms with van der Waals surface area (Å²) in [4.78, 5) is 26.4. The first kappa shape index (κ1) is 18.1. The largest absolute Gasteiger partial charge is 0.459 e. The van der Waals surface area contributed by atoms with Crippen LogP contribution >= 0.6 is 11.6 Å². The van der Waals surface area contributed by atoms with Crippen molar-refractivity contribution in [3.8, 4) is 0 Å². The smallest absolute Gasteiger partial charge is 0.355 e. The number of halogens is 1. The van der Waals surface area contributed by atoms with Crippen LogP contribution in [0.2, 0.25) is 0 Å². The topological polar surface area (TPSA) is 68.4 Å². The molecule has 1 N–H and O–H groups in total. The first-order valence-corrected chi connectivity index (χ1v) is 8.17. The first-order chi connectivity index (χ1) is 11.5. The van der Waals surface area contributed by atoms with Crippen LogP contribution in [0.3, 0.4) is 0 Å². The number of H-pyrrole nitrogens is 1. The third-order valence-corrected chi connectivity index (χ3v) is 3.84. The van der Waals surface area contributed by atoms with E-state index in [9.17, 15) is 9.59 Å². The van der Waals surface area contributed by atoms with Crippen LogP contribution in [0.25, 0.3) is 0 Å². The fourth-order valence-electron chi connectivity index (χ4n) is 2.43. The summed E-state index contributed by atoms with van der Waals surface area (Å²) in [6.45, 7) is 3.44. The summed E-state index contributed by atoms with van der Waals surface area (Å²) >= 11 is 5.83. The Hall–Kier alpha value is -2.27. The van der Waals surface area contributed by atoms with Gasteiger partial charge in [0, 0.05) is 12.8 Å². The molecule has 2 aromatic rings. The maximum atomic E-state index is 12.4. The van der Waals surface area contributed by atoms with Crippen LogP contribution in [0.1, 0.15) is 39.8 Å². The van der Waals surface area contributed by atoms with Crippen LogP contribution < -0.4 is 0 Å². The number of aromatic nitrogens is 1. The van der Waals surface area contributed by atoms with Gasteiger partial charge in [0.1, 0.15) is 18.9 Å². The van der Waals surface area contributed by atoms with Gasteiger partial charge in [-0.25, -0.2) is 4.79 Å². The van der Waals surface area contributed by atoms with Crippen molar-refractivity contribution in [1.82, 2.24) is 4.98 Å². The number of esters is 2. The number of rotatable bonds is 7. The van der Waals surface area contributed by atoms with Crippen LogP contribution in [-0.2, 0) is 33.9 Å². The molecule has 1 aromatic carbocycles. The van der Waals surface area contributed by atoms with Crippen LogP contribution in [0, 0.1) is 6.92 Å². The number of ether oxygens (including phenoxy) is 2. The van der Waals surface area contributed by atoms with Gasteiger partial charge >= 0.3 is 11.9 Å². The molecule has 0 radical (unpaired) electrons. The SMILES string of the molecule is CC(=O)OCc1[nH]c(C(=O)OCc2ccccc2)c(C)c1CCCl. The van der Waals surface area contributed by atoms with Crippen molar-refractivity contribution >= 4 is 23.5 Å². The van der Waals surface area contributed by atoms with E-state index in [4.69, 9.17) is 21.1 Å². The minimum atomic E-state index is -0.443. The van der Waals surface area contributed by atoms with Crippen LogP contribution in [0.4, 0.5) is 0 Å². The van der Waals surface area contributed by atoms with Gasteiger partial charge < -0.3 is 14.5 Å². The van der Waals surface area contributed by atoms with Gasteiger partial charge in [-0.15, -0.1) is 11.6 Å². The van der Waals surface area contributed by atoms with Crippen LogP contribution in [0.15, 0.2) is 30.3 Å². The van der Waals surface area contributed by atoms with E-state index in [1.807, 2.05) is 37.3 Å². The van der Waals surface area contributed by atoms with Crippen molar-refractivity contribution in [3.63, 3.8) is 0 Å². The predicted octanol–water partition coefficient (Wildman–Crippen LogP) is 3.52. The molecule has 6 heteroatoms. The van der Waals surface area contributed by atoms with Crippen LogP contribution in [-0.4, -0.2) is 22.8 Å². The normalized spacial score (nSPS) is 10.5. The quantitative estimate of drug-likeness (QED) is 0.613. The highest BCUT2D eigenvalue weighted by Crippen LogP contribution is 2.22. The maximum absolute atomic E-state index is 12.4. The zero-order chi connectivity index (χ0) is 17.5. The lowest BCUT2D eigenvalue weighted by atomic mass is 10.1. The molecule has 1 aromatic heterocycles. The van der Waals surface area contributed by atoms with Crippen molar-refractivity contribution in [3.05, 3.63) is 58.4 Å². The summed E-state index contributed by atoms with van der Waals surface area (Å²) in [6, 6.07) is 9.46. The summed E-state index contributed by atoms with van der Waals surface area (Å²) in [5.74, 6) is -0.418. The second kappa shape index (κ2) is 8.55. The predicted molar refractivity (Wildman–Crippen MR) is 91.0 cm³/mol. The fraction of sp³-hybridized carbons (Fsp3) is 0.333. The highest BCUT2D eigenvalue weighted by atomic mass is 35.5. The highest BCUT2D eigenvalue weighted by molar-refractivity contribution is 6.18. The summed E-state index contributed by atoms with van der Waals surface area (Å²) in [6.07, 6.45) is 0.576. The lowest BCUT2D eigenvalue weighted by molar-refractivity contribution is -0.142. The van der Waals surface area contributed by atoms with E-state index in [-0.39, 0.29) is 19.2 Å². The number of carbonyl (C=O) groups is 2. The molecule has 0 aliphatic rings. The van der Waals surface area contributed by atoms with Gasteiger partial charge in [0.05, 0.1) is 5.69 Å². The van der Waals surface area contributed by atoms with E-state index in [0.717, 1.165) is 16.7 Å². The Labute approximate surface area is 145 Å². The Balaban J connectivity index is 2.14. The van der Waals surface area contributed by atoms with Gasteiger partial charge in [-0.05, 0) is 30.0 Å². The van der Waals surface area contributed by atoms with Gasteiger partial charge in [-0.2, -0.15) is 0 Å². The third-order valence-electron chi connectivity index (χ3n) is 3.65. The molecule has 2 rings (SSSR count). The summed E-state index contributed by atoms with van der Waals surface area (Å²) in [7, 11) is 0. The minimum Gasteiger partial charge on any atom is -0.459 e. The summed E-state index contributed by atoms with van der Waals surface area (Å²) < 4.78 is 10.4. The molecule has 0 spiro atoms. The van der Waals surface area contributed by atoms with Crippen molar-refractivity contribution in [2.24, 2.45) is 0 Å². The molecule has 0 saturated carbocycles. The second-order valence-corrected chi connectivity index (χ2v) is 5.74. The zero-order valence-corrected chi connectivity index (χ0v) is 14.5. The second-order valence-electron chi connectivity index (χ2n) is 5.36. The number of carbonyl (C=O) groups excluding carboxylic acids is 2. The number of aromatic amines is 1. The van der Waals surface area contributed by atoms with Gasteiger partial charge in [0.15, 0.2) is 0 Å². The highest BCUT2D eigenvalue weighted by Gasteiger charge is 2.20. The van der Waals surface area contributed by atoms with Crippen molar-refractivity contribution in [1.29, 1.82) is 0 Å². The molecule has 0 atom stereocenters. The molecule has 0 aliphatic carbocycles. The molecule has 128 valence electrons. The standard InChI is InChI=1S/C18H20ClNO4/c1-12-15(8-9-19)16(11-23-13(2)21)20-17(12)18(22)24-10-14-6-4-3-5-7-14/h3-7,20H,8-11H2,1-2H3. The van der Waals surface area contributed by atoms with Gasteiger partial charge in [-0.3, -0.25) is 4.79 Å². The zero-order valence-electron chi connectivity index (χ0n) is 13.7. The maximum Gasteiger partial charge on any atom is 0.355 e. The number of nitrogens with one attached hydrogen (secondary N) is 1. The van der Waals surface area contributed by atoms with Gasteiger partial charge in [0.2, 0.25) is 0 Å². The number of alkyl halides is 1. The number of hydrogen-bond acceptors (Lipinski definition) is 4. The molecule has 5 nitrogen and oxygen atoms in total.